The third-order valence-electron chi connectivity index (χ3n) is 2.66. The van der Waals surface area contributed by atoms with Crippen LogP contribution in [0.5, 0.6) is 0 Å². The summed E-state index contributed by atoms with van der Waals surface area (Å²) in [4.78, 5) is 4.37. The van der Waals surface area contributed by atoms with Crippen molar-refractivity contribution in [3.8, 4) is 0 Å². The van der Waals surface area contributed by atoms with Crippen LogP contribution in [0.1, 0.15) is 31.5 Å². The molecule has 0 amide bonds. The fourth-order valence-corrected chi connectivity index (χ4v) is 2.34. The van der Waals surface area contributed by atoms with E-state index in [1.165, 1.54) is 0 Å². The normalized spacial score (nSPS) is 21.4. The van der Waals surface area contributed by atoms with Gasteiger partial charge >= 0.3 is 0 Å². The van der Waals surface area contributed by atoms with Crippen LogP contribution in [-0.4, -0.2) is 15.9 Å². The quantitative estimate of drug-likeness (QED) is 0.581. The molecule has 1 aliphatic rings. The summed E-state index contributed by atoms with van der Waals surface area (Å²) in [5.74, 6) is 0. The zero-order chi connectivity index (χ0) is 11.1. The van der Waals surface area contributed by atoms with Crippen LogP contribution in [0.4, 0.5) is 0 Å². The van der Waals surface area contributed by atoms with Gasteiger partial charge in [-0.1, -0.05) is 19.0 Å². The van der Waals surface area contributed by atoms with Gasteiger partial charge in [-0.2, -0.15) is 0 Å². The maximum absolute atomic E-state index is 9.01. The van der Waals surface area contributed by atoms with E-state index in [0.717, 1.165) is 34.3 Å². The molecule has 1 aromatic rings. The molecule has 80 valence electrons. The van der Waals surface area contributed by atoms with Gasteiger partial charge in [0.1, 0.15) is 0 Å². The van der Waals surface area contributed by atoms with Gasteiger partial charge in [0, 0.05) is 16.2 Å². The molecule has 0 radical (unpaired) electrons. The fraction of sp³-hybridized carbons (Fsp3) is 0.455. The second-order valence-corrected chi connectivity index (χ2v) is 5.63. The second-order valence-electron chi connectivity index (χ2n) is 4.71. The van der Waals surface area contributed by atoms with Gasteiger partial charge in [-0.05, 0) is 40.3 Å². The minimum atomic E-state index is 0.120. The lowest BCUT2D eigenvalue weighted by molar-refractivity contribution is 0.306. The van der Waals surface area contributed by atoms with E-state index in [1.54, 1.807) is 6.20 Å². The molecule has 0 spiro atoms. The number of oxime groups is 1. The summed E-state index contributed by atoms with van der Waals surface area (Å²) in [5.41, 5.74) is 2.83. The highest BCUT2D eigenvalue weighted by atomic mass is 79.9. The lowest BCUT2D eigenvalue weighted by Crippen LogP contribution is -2.28. The molecule has 0 fully saturated rings. The van der Waals surface area contributed by atoms with Crippen LogP contribution in [0.15, 0.2) is 21.9 Å². The van der Waals surface area contributed by atoms with E-state index in [9.17, 15) is 0 Å². The topological polar surface area (TPSA) is 45.5 Å². The van der Waals surface area contributed by atoms with Crippen LogP contribution in [0, 0.1) is 5.41 Å². The standard InChI is InChI=1S/C11H13BrN2O/c1-11(2)4-9-8(10(5-11)14-15)3-7(12)6-13-9/h3,6,15H,4-5H2,1-2H3. The van der Waals surface area contributed by atoms with E-state index < -0.39 is 0 Å². The number of hydrogen-bond donors (Lipinski definition) is 1. The lowest BCUT2D eigenvalue weighted by atomic mass is 9.75. The first kappa shape index (κ1) is 10.6. The van der Waals surface area contributed by atoms with Gasteiger partial charge in [0.25, 0.3) is 0 Å². The SMILES string of the molecule is CC1(C)CC(=NO)c2cc(Br)cnc2C1. The Hall–Kier alpha value is -0.900. The fourth-order valence-electron chi connectivity index (χ4n) is 2.01. The Balaban J connectivity index is 2.55. The third-order valence-corrected chi connectivity index (χ3v) is 3.09. The average Bonchev–Trinajstić information content (AvgIpc) is 2.16. The Morgan fingerprint density at radius 1 is 1.47 bits per heavy atom. The summed E-state index contributed by atoms with van der Waals surface area (Å²) in [7, 11) is 0. The smallest absolute Gasteiger partial charge is 0.0891 e. The van der Waals surface area contributed by atoms with Gasteiger partial charge in [-0.15, -0.1) is 0 Å². The van der Waals surface area contributed by atoms with Crippen molar-refractivity contribution in [1.29, 1.82) is 0 Å². The highest BCUT2D eigenvalue weighted by molar-refractivity contribution is 9.10. The maximum Gasteiger partial charge on any atom is 0.0891 e. The van der Waals surface area contributed by atoms with Crippen molar-refractivity contribution < 1.29 is 5.21 Å². The minimum Gasteiger partial charge on any atom is -0.411 e. The molecule has 1 heterocycles. The molecule has 0 aromatic carbocycles. The van der Waals surface area contributed by atoms with Gasteiger partial charge in [0.15, 0.2) is 0 Å². The Bertz CT molecular complexity index is 427. The predicted octanol–water partition coefficient (Wildman–Crippen LogP) is 2.99. The van der Waals surface area contributed by atoms with Crippen molar-refractivity contribution in [2.24, 2.45) is 10.6 Å². The largest absolute Gasteiger partial charge is 0.411 e. The summed E-state index contributed by atoms with van der Waals surface area (Å²) < 4.78 is 0.919. The highest BCUT2D eigenvalue weighted by Crippen LogP contribution is 2.34. The molecule has 15 heavy (non-hydrogen) atoms. The molecule has 3 nitrogen and oxygen atoms in total. The number of hydrogen-bond acceptors (Lipinski definition) is 3. The van der Waals surface area contributed by atoms with Crippen LogP contribution >= 0.6 is 15.9 Å². The number of aromatic nitrogens is 1. The maximum atomic E-state index is 9.01. The van der Waals surface area contributed by atoms with Gasteiger partial charge < -0.3 is 5.21 Å². The van der Waals surface area contributed by atoms with Crippen LogP contribution in [-0.2, 0) is 6.42 Å². The van der Waals surface area contributed by atoms with Gasteiger partial charge in [0.2, 0.25) is 0 Å². The monoisotopic (exact) mass is 268 g/mol. The van der Waals surface area contributed by atoms with Crippen molar-refractivity contribution in [3.05, 3.63) is 28.0 Å². The second kappa shape index (κ2) is 3.59. The summed E-state index contributed by atoms with van der Waals surface area (Å²) in [6, 6.07) is 1.96. The van der Waals surface area contributed by atoms with Crippen LogP contribution in [0.2, 0.25) is 0 Å². The number of pyridine rings is 1. The highest BCUT2D eigenvalue weighted by Gasteiger charge is 2.30. The first-order valence-electron chi connectivity index (χ1n) is 4.87. The van der Waals surface area contributed by atoms with E-state index in [4.69, 9.17) is 5.21 Å². The molecular weight excluding hydrogens is 256 g/mol. The molecule has 0 atom stereocenters. The molecule has 0 saturated carbocycles. The molecule has 0 unspecified atom stereocenters. The molecule has 0 bridgehead atoms. The zero-order valence-corrected chi connectivity index (χ0v) is 10.4. The molecule has 0 saturated heterocycles. The zero-order valence-electron chi connectivity index (χ0n) is 8.79. The first-order chi connectivity index (χ1) is 7.02. The Kier molecular flexibility index (Phi) is 2.54. The Morgan fingerprint density at radius 2 is 2.20 bits per heavy atom. The molecule has 1 N–H and O–H groups in total. The lowest BCUT2D eigenvalue weighted by Gasteiger charge is -2.30. The van der Waals surface area contributed by atoms with Crippen molar-refractivity contribution in [1.82, 2.24) is 4.98 Å². The number of nitrogens with zero attached hydrogens (tertiary/aromatic N) is 2. The predicted molar refractivity (Wildman–Crippen MR) is 62.4 cm³/mol. The molecular formula is C11H13BrN2O. The van der Waals surface area contributed by atoms with E-state index in [-0.39, 0.29) is 5.41 Å². The van der Waals surface area contributed by atoms with Crippen molar-refractivity contribution in [2.75, 3.05) is 0 Å². The van der Waals surface area contributed by atoms with E-state index >= 15 is 0 Å². The summed E-state index contributed by atoms with van der Waals surface area (Å²) >= 11 is 3.38. The van der Waals surface area contributed by atoms with Gasteiger partial charge in [-0.25, -0.2) is 0 Å². The summed E-state index contributed by atoms with van der Waals surface area (Å²) in [6.07, 6.45) is 3.50. The van der Waals surface area contributed by atoms with Crippen molar-refractivity contribution in [3.63, 3.8) is 0 Å². The summed E-state index contributed by atoms with van der Waals surface area (Å²) in [5, 5.41) is 12.4. The van der Waals surface area contributed by atoms with Gasteiger partial charge in [-0.3, -0.25) is 4.98 Å². The average molecular weight is 269 g/mol. The van der Waals surface area contributed by atoms with Crippen molar-refractivity contribution in [2.45, 2.75) is 26.7 Å². The summed E-state index contributed by atoms with van der Waals surface area (Å²) in [6.45, 7) is 4.32. The van der Waals surface area contributed by atoms with Gasteiger partial charge in [0.05, 0.1) is 11.4 Å². The van der Waals surface area contributed by atoms with E-state index in [2.05, 4.69) is 39.9 Å². The Morgan fingerprint density at radius 3 is 2.87 bits per heavy atom. The number of halogens is 1. The Labute approximate surface area is 97.3 Å². The number of fused-ring (bicyclic) bond motifs is 1. The van der Waals surface area contributed by atoms with Crippen molar-refractivity contribution >= 4 is 21.6 Å². The number of rotatable bonds is 0. The van der Waals surface area contributed by atoms with E-state index in [1.807, 2.05) is 6.07 Å². The molecule has 0 aliphatic heterocycles. The molecule has 4 heteroatoms. The van der Waals surface area contributed by atoms with Crippen LogP contribution in [0.3, 0.4) is 0 Å². The third kappa shape index (κ3) is 2.04. The molecule has 1 aliphatic carbocycles. The first-order valence-corrected chi connectivity index (χ1v) is 5.67. The molecule has 2 rings (SSSR count). The van der Waals surface area contributed by atoms with Crippen LogP contribution < -0.4 is 0 Å². The minimum absolute atomic E-state index is 0.120. The van der Waals surface area contributed by atoms with E-state index in [0.29, 0.717) is 0 Å². The molecule has 1 aromatic heterocycles. The van der Waals surface area contributed by atoms with Crippen LogP contribution in [0.25, 0.3) is 0 Å².